The maximum Gasteiger partial charge on any atom is 0.338 e. The van der Waals surface area contributed by atoms with Gasteiger partial charge in [-0.2, -0.15) is 0 Å². The molecule has 0 saturated heterocycles. The van der Waals surface area contributed by atoms with Crippen LogP contribution in [0, 0.1) is 0 Å². The summed E-state index contributed by atoms with van der Waals surface area (Å²) in [7, 11) is -3.52. The fraction of sp³-hybridized carbons (Fsp3) is 0.556. The summed E-state index contributed by atoms with van der Waals surface area (Å²) in [5.41, 5.74) is 0.754. The van der Waals surface area contributed by atoms with Crippen LogP contribution >= 0.6 is 0 Å². The van der Waals surface area contributed by atoms with Gasteiger partial charge in [0.15, 0.2) is 0 Å². The zero-order chi connectivity index (χ0) is 18.7. The lowest BCUT2D eigenvalue weighted by Gasteiger charge is -2.26. The molecule has 0 aliphatic rings. The average molecular weight is 367 g/mol. The Bertz CT molecular complexity index is 625. The Balaban J connectivity index is 3.79. The van der Waals surface area contributed by atoms with Crippen LogP contribution in [0.15, 0.2) is 12.1 Å². The van der Waals surface area contributed by atoms with E-state index in [0.29, 0.717) is 11.1 Å². The minimum atomic E-state index is -1.87. The van der Waals surface area contributed by atoms with Gasteiger partial charge in [0.2, 0.25) is 0 Å². The normalized spacial score (nSPS) is 12.0. The SMILES string of the molecule is CCOC(=O)c1cc([Si](C)(C)C)cc([Si](C)(C)C)c1C(=O)OCC. The Labute approximate surface area is 147 Å². The van der Waals surface area contributed by atoms with Gasteiger partial charge in [-0.15, -0.1) is 0 Å². The van der Waals surface area contributed by atoms with Crippen molar-refractivity contribution in [1.29, 1.82) is 0 Å². The van der Waals surface area contributed by atoms with E-state index in [1.165, 1.54) is 0 Å². The molecule has 0 spiro atoms. The van der Waals surface area contributed by atoms with E-state index in [1.807, 2.05) is 6.07 Å². The molecule has 1 aromatic rings. The van der Waals surface area contributed by atoms with Gasteiger partial charge in [-0.3, -0.25) is 0 Å². The molecule has 0 heterocycles. The zero-order valence-electron chi connectivity index (χ0n) is 16.2. The molecule has 0 aromatic heterocycles. The van der Waals surface area contributed by atoms with Crippen LogP contribution in [0.3, 0.4) is 0 Å². The van der Waals surface area contributed by atoms with Crippen molar-refractivity contribution >= 4 is 38.5 Å². The maximum absolute atomic E-state index is 12.6. The molecule has 24 heavy (non-hydrogen) atoms. The van der Waals surface area contributed by atoms with Gasteiger partial charge in [-0.1, -0.05) is 50.5 Å². The largest absolute Gasteiger partial charge is 0.462 e. The molecule has 134 valence electrons. The fourth-order valence-corrected chi connectivity index (χ4v) is 5.33. The highest BCUT2D eigenvalue weighted by atomic mass is 28.3. The third-order valence-corrected chi connectivity index (χ3v) is 7.82. The predicted molar refractivity (Wildman–Crippen MR) is 104 cm³/mol. The molecule has 1 aromatic carbocycles. The van der Waals surface area contributed by atoms with E-state index in [9.17, 15) is 9.59 Å². The van der Waals surface area contributed by atoms with E-state index in [2.05, 4.69) is 45.3 Å². The van der Waals surface area contributed by atoms with Crippen LogP contribution in [0.2, 0.25) is 39.3 Å². The monoisotopic (exact) mass is 366 g/mol. The molecular weight excluding hydrogens is 336 g/mol. The number of hydrogen-bond acceptors (Lipinski definition) is 4. The summed E-state index contributed by atoms with van der Waals surface area (Å²) in [5, 5.41) is 2.14. The molecule has 0 fully saturated rings. The summed E-state index contributed by atoms with van der Waals surface area (Å²) in [6.07, 6.45) is 0. The lowest BCUT2D eigenvalue weighted by Crippen LogP contribution is -2.49. The van der Waals surface area contributed by atoms with Crippen LogP contribution in [-0.2, 0) is 9.47 Å². The van der Waals surface area contributed by atoms with Gasteiger partial charge in [-0.05, 0) is 25.1 Å². The van der Waals surface area contributed by atoms with Crippen LogP contribution in [0.25, 0.3) is 0 Å². The maximum atomic E-state index is 12.6. The molecule has 0 atom stereocenters. The molecule has 0 aliphatic heterocycles. The number of rotatable bonds is 6. The van der Waals surface area contributed by atoms with Gasteiger partial charge in [-0.25, -0.2) is 9.59 Å². The molecule has 6 heteroatoms. The lowest BCUT2D eigenvalue weighted by molar-refractivity contribution is 0.0480. The molecule has 0 aliphatic carbocycles. The first-order chi connectivity index (χ1) is 10.9. The van der Waals surface area contributed by atoms with Crippen LogP contribution in [0.1, 0.15) is 34.6 Å². The van der Waals surface area contributed by atoms with E-state index < -0.39 is 28.1 Å². The second-order valence-electron chi connectivity index (χ2n) is 7.89. The number of benzene rings is 1. The number of carbonyl (C=O) groups excluding carboxylic acids is 2. The first-order valence-corrected chi connectivity index (χ1v) is 15.5. The highest BCUT2D eigenvalue weighted by molar-refractivity contribution is 6.92. The molecular formula is C18H30O4Si2. The number of carbonyl (C=O) groups is 2. The minimum absolute atomic E-state index is 0.278. The van der Waals surface area contributed by atoms with Crippen molar-refractivity contribution in [2.45, 2.75) is 53.1 Å². The smallest absolute Gasteiger partial charge is 0.338 e. The van der Waals surface area contributed by atoms with Crippen molar-refractivity contribution in [2.24, 2.45) is 0 Å². The van der Waals surface area contributed by atoms with Crippen molar-refractivity contribution < 1.29 is 19.1 Å². The highest BCUT2D eigenvalue weighted by Crippen LogP contribution is 2.17. The zero-order valence-corrected chi connectivity index (χ0v) is 18.2. The van der Waals surface area contributed by atoms with Crippen molar-refractivity contribution in [3.05, 3.63) is 23.3 Å². The average Bonchev–Trinajstić information content (AvgIpc) is 2.44. The first-order valence-electron chi connectivity index (χ1n) is 8.46. The van der Waals surface area contributed by atoms with Gasteiger partial charge in [0, 0.05) is 0 Å². The van der Waals surface area contributed by atoms with E-state index in [-0.39, 0.29) is 13.2 Å². The molecule has 0 amide bonds. The van der Waals surface area contributed by atoms with Crippen LogP contribution in [-0.4, -0.2) is 41.3 Å². The molecule has 0 saturated carbocycles. The fourth-order valence-electron chi connectivity index (χ4n) is 2.46. The quantitative estimate of drug-likeness (QED) is 0.573. The third-order valence-electron chi connectivity index (χ3n) is 3.79. The van der Waals surface area contributed by atoms with Gasteiger partial charge >= 0.3 is 11.9 Å². The molecule has 0 N–H and O–H groups in total. The highest BCUT2D eigenvalue weighted by Gasteiger charge is 2.32. The summed E-state index contributed by atoms with van der Waals surface area (Å²) in [6, 6.07) is 3.98. The van der Waals surface area contributed by atoms with E-state index in [0.717, 1.165) is 10.4 Å². The molecule has 0 bridgehead atoms. The van der Waals surface area contributed by atoms with Crippen molar-refractivity contribution in [1.82, 2.24) is 0 Å². The van der Waals surface area contributed by atoms with Gasteiger partial charge in [0.25, 0.3) is 0 Å². The van der Waals surface area contributed by atoms with Crippen LogP contribution in [0.4, 0.5) is 0 Å². The Kier molecular flexibility index (Phi) is 6.58. The van der Waals surface area contributed by atoms with Crippen molar-refractivity contribution in [3.63, 3.8) is 0 Å². The first kappa shape index (κ1) is 20.6. The van der Waals surface area contributed by atoms with E-state index in [4.69, 9.17) is 9.47 Å². The molecule has 1 rings (SSSR count). The van der Waals surface area contributed by atoms with Gasteiger partial charge in [0.05, 0.1) is 40.5 Å². The minimum Gasteiger partial charge on any atom is -0.462 e. The predicted octanol–water partition coefficient (Wildman–Crippen LogP) is 3.13. The summed E-state index contributed by atoms with van der Waals surface area (Å²) < 4.78 is 10.5. The topological polar surface area (TPSA) is 52.6 Å². The molecule has 0 radical (unpaired) electrons. The summed E-state index contributed by atoms with van der Waals surface area (Å²) in [6.45, 7) is 17.3. The Morgan fingerprint density at radius 3 is 1.75 bits per heavy atom. The van der Waals surface area contributed by atoms with E-state index >= 15 is 0 Å². The van der Waals surface area contributed by atoms with Crippen molar-refractivity contribution in [2.75, 3.05) is 13.2 Å². The van der Waals surface area contributed by atoms with Crippen LogP contribution < -0.4 is 10.4 Å². The summed E-state index contributed by atoms with van der Waals surface area (Å²) in [5.74, 6) is -0.875. The summed E-state index contributed by atoms with van der Waals surface area (Å²) in [4.78, 5) is 25.1. The Morgan fingerprint density at radius 1 is 0.833 bits per heavy atom. The number of esters is 2. The van der Waals surface area contributed by atoms with Gasteiger partial charge < -0.3 is 9.47 Å². The molecule has 0 unspecified atom stereocenters. The van der Waals surface area contributed by atoms with Gasteiger partial charge in [0.1, 0.15) is 0 Å². The van der Waals surface area contributed by atoms with Crippen molar-refractivity contribution in [3.8, 4) is 0 Å². The number of hydrogen-bond donors (Lipinski definition) is 0. The Morgan fingerprint density at radius 2 is 1.33 bits per heavy atom. The van der Waals surface area contributed by atoms with E-state index in [1.54, 1.807) is 13.8 Å². The second-order valence-corrected chi connectivity index (χ2v) is 18.0. The summed E-state index contributed by atoms with van der Waals surface area (Å²) >= 11 is 0. The van der Waals surface area contributed by atoms with Crippen LogP contribution in [0.5, 0.6) is 0 Å². The molecule has 4 nitrogen and oxygen atoms in total. The Hall–Kier alpha value is -1.41. The number of ether oxygens (including phenoxy) is 2. The lowest BCUT2D eigenvalue weighted by atomic mass is 10.1. The third kappa shape index (κ3) is 4.80. The second kappa shape index (κ2) is 7.65. The standard InChI is InChI=1S/C18H30O4Si2/c1-9-21-17(19)14-11-13(23(3,4)5)12-15(24(6,7)8)16(14)18(20)22-10-2/h11-12H,9-10H2,1-8H3.